The lowest BCUT2D eigenvalue weighted by atomic mass is 10.2. The van der Waals surface area contributed by atoms with Gasteiger partial charge in [0.05, 0.1) is 18.9 Å². The van der Waals surface area contributed by atoms with E-state index in [1.807, 2.05) is 12.3 Å². The van der Waals surface area contributed by atoms with Gasteiger partial charge < -0.3 is 4.74 Å². The Labute approximate surface area is 101 Å². The van der Waals surface area contributed by atoms with E-state index in [4.69, 9.17) is 16.3 Å². The van der Waals surface area contributed by atoms with Crippen molar-refractivity contribution in [2.45, 2.75) is 19.5 Å². The summed E-state index contributed by atoms with van der Waals surface area (Å²) in [6.45, 7) is 5.42. The molecule has 1 atom stereocenters. The number of halogens is 1. The van der Waals surface area contributed by atoms with Crippen LogP contribution in [0.3, 0.4) is 0 Å². The Morgan fingerprint density at radius 1 is 1.62 bits per heavy atom. The smallest absolute Gasteiger partial charge is 0.0634 e. The Morgan fingerprint density at radius 2 is 2.50 bits per heavy atom. The van der Waals surface area contributed by atoms with E-state index >= 15 is 0 Å². The predicted molar refractivity (Wildman–Crippen MR) is 64.7 cm³/mol. The van der Waals surface area contributed by atoms with Crippen molar-refractivity contribution in [3.8, 4) is 0 Å². The highest BCUT2D eigenvalue weighted by atomic mass is 35.5. The number of ether oxygens (including phenoxy) is 1. The first kappa shape index (κ1) is 11.8. The number of hydrogen-bond acceptors (Lipinski definition) is 3. The summed E-state index contributed by atoms with van der Waals surface area (Å²) in [5, 5.41) is 0. The molecule has 88 valence electrons. The van der Waals surface area contributed by atoms with Crippen molar-refractivity contribution in [1.82, 2.24) is 9.88 Å². The SMILES string of the molecule is Cc1cccnc1CN1CCOCC1CCl. The number of hydrogen-bond donors (Lipinski definition) is 0. The van der Waals surface area contributed by atoms with Gasteiger partial charge in [0, 0.05) is 31.2 Å². The van der Waals surface area contributed by atoms with Crippen LogP contribution in [0.1, 0.15) is 11.3 Å². The Balaban J connectivity index is 2.05. The maximum Gasteiger partial charge on any atom is 0.0634 e. The van der Waals surface area contributed by atoms with Gasteiger partial charge in [0.2, 0.25) is 0 Å². The van der Waals surface area contributed by atoms with Gasteiger partial charge in [-0.25, -0.2) is 0 Å². The molecule has 4 heteroatoms. The molecule has 1 aromatic heterocycles. The summed E-state index contributed by atoms with van der Waals surface area (Å²) in [5.41, 5.74) is 2.38. The van der Waals surface area contributed by atoms with E-state index in [2.05, 4.69) is 22.9 Å². The molecule has 1 aliphatic heterocycles. The molecule has 1 aromatic rings. The number of rotatable bonds is 3. The lowest BCUT2D eigenvalue weighted by Crippen LogP contribution is -2.46. The molecular formula is C12H17ClN2O. The minimum Gasteiger partial charge on any atom is -0.378 e. The van der Waals surface area contributed by atoms with Gasteiger partial charge in [-0.3, -0.25) is 9.88 Å². The van der Waals surface area contributed by atoms with Crippen molar-refractivity contribution in [2.75, 3.05) is 25.6 Å². The third-order valence-electron chi connectivity index (χ3n) is 3.00. The second-order valence-corrected chi connectivity index (χ2v) is 4.43. The van der Waals surface area contributed by atoms with Gasteiger partial charge in [-0.2, -0.15) is 0 Å². The van der Waals surface area contributed by atoms with Crippen LogP contribution in [0.4, 0.5) is 0 Å². The summed E-state index contributed by atoms with van der Waals surface area (Å²) in [5.74, 6) is 0.617. The molecule has 0 bridgehead atoms. The molecular weight excluding hydrogens is 224 g/mol. The van der Waals surface area contributed by atoms with Crippen molar-refractivity contribution >= 4 is 11.6 Å². The second-order valence-electron chi connectivity index (χ2n) is 4.12. The molecule has 0 aromatic carbocycles. The molecule has 0 radical (unpaired) electrons. The second kappa shape index (κ2) is 5.62. The van der Waals surface area contributed by atoms with E-state index in [1.54, 1.807) is 0 Å². The Morgan fingerprint density at radius 3 is 3.25 bits per heavy atom. The average molecular weight is 241 g/mol. The van der Waals surface area contributed by atoms with Gasteiger partial charge in [-0.05, 0) is 18.6 Å². The van der Waals surface area contributed by atoms with Crippen LogP contribution < -0.4 is 0 Å². The van der Waals surface area contributed by atoms with Crippen molar-refractivity contribution in [3.05, 3.63) is 29.6 Å². The van der Waals surface area contributed by atoms with Gasteiger partial charge in [0.15, 0.2) is 0 Å². The van der Waals surface area contributed by atoms with Gasteiger partial charge in [0.1, 0.15) is 0 Å². The molecule has 1 unspecified atom stereocenters. The zero-order chi connectivity index (χ0) is 11.4. The van der Waals surface area contributed by atoms with Crippen LogP contribution >= 0.6 is 11.6 Å². The highest BCUT2D eigenvalue weighted by Crippen LogP contribution is 2.14. The van der Waals surface area contributed by atoms with E-state index in [9.17, 15) is 0 Å². The van der Waals surface area contributed by atoms with E-state index < -0.39 is 0 Å². The zero-order valence-electron chi connectivity index (χ0n) is 9.53. The van der Waals surface area contributed by atoms with Crippen molar-refractivity contribution in [2.24, 2.45) is 0 Å². The number of aryl methyl sites for hydroxylation is 1. The molecule has 0 saturated carbocycles. The first-order chi connectivity index (χ1) is 7.81. The summed E-state index contributed by atoms with van der Waals surface area (Å²) in [4.78, 5) is 6.77. The summed E-state index contributed by atoms with van der Waals surface area (Å²) in [7, 11) is 0. The van der Waals surface area contributed by atoms with Gasteiger partial charge in [-0.1, -0.05) is 6.07 Å². The molecule has 0 aliphatic carbocycles. The van der Waals surface area contributed by atoms with Crippen LogP contribution in [0.2, 0.25) is 0 Å². The average Bonchev–Trinajstić information content (AvgIpc) is 2.33. The first-order valence-electron chi connectivity index (χ1n) is 5.59. The topological polar surface area (TPSA) is 25.4 Å². The lowest BCUT2D eigenvalue weighted by Gasteiger charge is -2.34. The molecule has 0 spiro atoms. The highest BCUT2D eigenvalue weighted by molar-refractivity contribution is 6.18. The number of aromatic nitrogens is 1. The lowest BCUT2D eigenvalue weighted by molar-refractivity contribution is -0.00366. The Hall–Kier alpha value is -0.640. The molecule has 0 amide bonds. The van der Waals surface area contributed by atoms with Crippen LogP contribution in [0.25, 0.3) is 0 Å². The Bertz CT molecular complexity index is 346. The van der Waals surface area contributed by atoms with Crippen molar-refractivity contribution in [3.63, 3.8) is 0 Å². The quantitative estimate of drug-likeness (QED) is 0.754. The van der Waals surface area contributed by atoms with Gasteiger partial charge in [0.25, 0.3) is 0 Å². The molecule has 2 heterocycles. The number of nitrogens with zero attached hydrogens (tertiary/aromatic N) is 2. The Kier molecular flexibility index (Phi) is 4.16. The third-order valence-corrected chi connectivity index (χ3v) is 3.35. The summed E-state index contributed by atoms with van der Waals surface area (Å²) in [6, 6.07) is 4.38. The summed E-state index contributed by atoms with van der Waals surface area (Å²) < 4.78 is 5.42. The fourth-order valence-electron chi connectivity index (χ4n) is 1.92. The number of morpholine rings is 1. The fraction of sp³-hybridized carbons (Fsp3) is 0.583. The minimum absolute atomic E-state index is 0.317. The third kappa shape index (κ3) is 2.73. The summed E-state index contributed by atoms with van der Waals surface area (Å²) >= 11 is 5.94. The standard InChI is InChI=1S/C12H17ClN2O/c1-10-3-2-4-14-12(10)8-15-5-6-16-9-11(15)7-13/h2-4,11H,5-9H2,1H3. The molecule has 1 saturated heterocycles. The maximum atomic E-state index is 5.94. The zero-order valence-corrected chi connectivity index (χ0v) is 10.3. The van der Waals surface area contributed by atoms with Crippen molar-refractivity contribution in [1.29, 1.82) is 0 Å². The molecule has 16 heavy (non-hydrogen) atoms. The van der Waals surface area contributed by atoms with E-state index in [-0.39, 0.29) is 0 Å². The van der Waals surface area contributed by atoms with Crippen LogP contribution in [0, 0.1) is 6.92 Å². The van der Waals surface area contributed by atoms with Crippen LogP contribution in [-0.4, -0.2) is 41.6 Å². The van der Waals surface area contributed by atoms with E-state index in [0.717, 1.165) is 32.0 Å². The van der Waals surface area contributed by atoms with Crippen LogP contribution in [0.15, 0.2) is 18.3 Å². The highest BCUT2D eigenvalue weighted by Gasteiger charge is 2.22. The predicted octanol–water partition coefficient (Wildman–Crippen LogP) is 1.83. The van der Waals surface area contributed by atoms with Gasteiger partial charge >= 0.3 is 0 Å². The van der Waals surface area contributed by atoms with Crippen LogP contribution in [-0.2, 0) is 11.3 Å². The summed E-state index contributed by atoms with van der Waals surface area (Å²) in [6.07, 6.45) is 1.85. The van der Waals surface area contributed by atoms with Crippen molar-refractivity contribution < 1.29 is 4.74 Å². The maximum absolute atomic E-state index is 5.94. The molecule has 0 N–H and O–H groups in total. The molecule has 3 nitrogen and oxygen atoms in total. The largest absolute Gasteiger partial charge is 0.378 e. The molecule has 1 aliphatic rings. The van der Waals surface area contributed by atoms with Gasteiger partial charge in [-0.15, -0.1) is 11.6 Å². The number of pyridine rings is 1. The van der Waals surface area contributed by atoms with E-state index in [1.165, 1.54) is 5.56 Å². The van der Waals surface area contributed by atoms with Crippen LogP contribution in [0.5, 0.6) is 0 Å². The monoisotopic (exact) mass is 240 g/mol. The first-order valence-corrected chi connectivity index (χ1v) is 6.13. The van der Waals surface area contributed by atoms with E-state index in [0.29, 0.717) is 11.9 Å². The molecule has 2 rings (SSSR count). The minimum atomic E-state index is 0.317. The fourth-order valence-corrected chi connectivity index (χ4v) is 2.20. The number of alkyl halides is 1. The normalized spacial score (nSPS) is 22.2. The molecule has 1 fully saturated rings.